The van der Waals surface area contributed by atoms with E-state index in [1.165, 1.54) is 5.56 Å². The predicted octanol–water partition coefficient (Wildman–Crippen LogP) is 3.97. The second kappa shape index (κ2) is 6.83. The summed E-state index contributed by atoms with van der Waals surface area (Å²) in [6, 6.07) is 11.5. The van der Waals surface area contributed by atoms with Crippen molar-refractivity contribution in [3.8, 4) is 11.5 Å². The van der Waals surface area contributed by atoms with Gasteiger partial charge in [-0.3, -0.25) is 0 Å². The maximum atomic E-state index is 6.34. The normalized spacial score (nSPS) is 12.0. The molecule has 0 saturated heterocycles. The maximum absolute atomic E-state index is 6.34. The molecule has 2 N–H and O–H groups in total. The number of nitrogens with two attached hydrogens (primary N) is 1. The molecule has 0 bridgehead atoms. The summed E-state index contributed by atoms with van der Waals surface area (Å²) in [4.78, 5) is 0. The van der Waals surface area contributed by atoms with Crippen molar-refractivity contribution in [3.63, 3.8) is 0 Å². The molecule has 0 aromatic heterocycles. The lowest BCUT2D eigenvalue weighted by Crippen LogP contribution is -2.13. The van der Waals surface area contributed by atoms with E-state index in [4.69, 9.17) is 26.8 Å². The van der Waals surface area contributed by atoms with Gasteiger partial charge in [0.25, 0.3) is 0 Å². The second-order valence-corrected chi connectivity index (χ2v) is 5.21. The number of aryl methyl sites for hydroxylation is 1. The smallest absolute Gasteiger partial charge is 0.162 e. The molecule has 1 unspecified atom stereocenters. The van der Waals surface area contributed by atoms with Gasteiger partial charge in [-0.1, -0.05) is 42.8 Å². The average Bonchev–Trinajstić information content (AvgIpc) is 2.54. The van der Waals surface area contributed by atoms with Gasteiger partial charge >= 0.3 is 0 Å². The highest BCUT2D eigenvalue weighted by Gasteiger charge is 2.16. The number of ether oxygens (including phenoxy) is 2. The van der Waals surface area contributed by atoms with E-state index in [0.29, 0.717) is 16.5 Å². The number of benzene rings is 2. The molecule has 2 aromatic carbocycles. The van der Waals surface area contributed by atoms with Gasteiger partial charge in [-0.15, -0.1) is 0 Å². The quantitative estimate of drug-likeness (QED) is 0.909. The molecule has 4 heteroatoms. The Hall–Kier alpha value is -1.71. The number of hydrogen-bond acceptors (Lipinski definition) is 3. The molecule has 0 saturated carbocycles. The van der Waals surface area contributed by atoms with Crippen molar-refractivity contribution >= 4 is 11.6 Å². The second-order valence-electron chi connectivity index (χ2n) is 4.80. The summed E-state index contributed by atoms with van der Waals surface area (Å²) < 4.78 is 10.6. The minimum Gasteiger partial charge on any atom is -0.493 e. The van der Waals surface area contributed by atoms with Crippen LogP contribution in [0.5, 0.6) is 11.5 Å². The van der Waals surface area contributed by atoms with E-state index in [1.807, 2.05) is 18.2 Å². The maximum Gasteiger partial charge on any atom is 0.162 e. The molecular formula is C17H20ClNO2. The van der Waals surface area contributed by atoms with Gasteiger partial charge in [-0.2, -0.15) is 0 Å². The first kappa shape index (κ1) is 15.7. The molecule has 0 heterocycles. The van der Waals surface area contributed by atoms with Crippen LogP contribution >= 0.6 is 11.6 Å². The van der Waals surface area contributed by atoms with Crippen molar-refractivity contribution in [1.29, 1.82) is 0 Å². The lowest BCUT2D eigenvalue weighted by molar-refractivity contribution is 0.354. The predicted molar refractivity (Wildman–Crippen MR) is 86.4 cm³/mol. The topological polar surface area (TPSA) is 44.5 Å². The Labute approximate surface area is 130 Å². The van der Waals surface area contributed by atoms with Crippen LogP contribution in [-0.4, -0.2) is 14.2 Å². The van der Waals surface area contributed by atoms with Gasteiger partial charge in [-0.25, -0.2) is 0 Å². The zero-order valence-electron chi connectivity index (χ0n) is 12.5. The first-order chi connectivity index (χ1) is 10.1. The van der Waals surface area contributed by atoms with E-state index in [2.05, 4.69) is 19.1 Å². The Balaban J connectivity index is 2.39. The van der Waals surface area contributed by atoms with Crippen LogP contribution in [0.4, 0.5) is 0 Å². The lowest BCUT2D eigenvalue weighted by atomic mass is 9.97. The van der Waals surface area contributed by atoms with Gasteiger partial charge in [-0.05, 0) is 29.2 Å². The van der Waals surface area contributed by atoms with E-state index < -0.39 is 0 Å². The van der Waals surface area contributed by atoms with Crippen molar-refractivity contribution in [2.45, 2.75) is 19.4 Å². The zero-order chi connectivity index (χ0) is 15.4. The summed E-state index contributed by atoms with van der Waals surface area (Å²) in [5.41, 5.74) is 9.46. The molecule has 3 nitrogen and oxygen atoms in total. The number of methoxy groups -OCH3 is 2. The average molecular weight is 306 g/mol. The fourth-order valence-corrected chi connectivity index (χ4v) is 2.52. The Morgan fingerprint density at radius 1 is 1.05 bits per heavy atom. The van der Waals surface area contributed by atoms with Crippen LogP contribution in [0, 0.1) is 0 Å². The van der Waals surface area contributed by atoms with Gasteiger partial charge in [0.15, 0.2) is 11.5 Å². The first-order valence-electron chi connectivity index (χ1n) is 6.86. The molecular weight excluding hydrogens is 286 g/mol. The third kappa shape index (κ3) is 3.31. The van der Waals surface area contributed by atoms with E-state index >= 15 is 0 Å². The van der Waals surface area contributed by atoms with Crippen molar-refractivity contribution in [3.05, 3.63) is 58.1 Å². The summed E-state index contributed by atoms with van der Waals surface area (Å²) in [7, 11) is 3.17. The van der Waals surface area contributed by atoms with Crippen molar-refractivity contribution < 1.29 is 9.47 Å². The van der Waals surface area contributed by atoms with E-state index in [0.717, 1.165) is 17.5 Å². The van der Waals surface area contributed by atoms with Crippen LogP contribution in [0.15, 0.2) is 36.4 Å². The molecule has 0 aliphatic rings. The zero-order valence-corrected chi connectivity index (χ0v) is 13.3. The fourth-order valence-electron chi connectivity index (χ4n) is 2.25. The van der Waals surface area contributed by atoms with E-state index in [-0.39, 0.29) is 6.04 Å². The highest BCUT2D eigenvalue weighted by Crippen LogP contribution is 2.36. The molecule has 0 radical (unpaired) electrons. The van der Waals surface area contributed by atoms with Crippen LogP contribution in [0.25, 0.3) is 0 Å². The summed E-state index contributed by atoms with van der Waals surface area (Å²) in [5, 5.41) is 0.569. The number of halogens is 1. The van der Waals surface area contributed by atoms with E-state index in [9.17, 15) is 0 Å². The fraction of sp³-hybridized carbons (Fsp3) is 0.294. The van der Waals surface area contributed by atoms with Gasteiger partial charge in [0.2, 0.25) is 0 Å². The molecule has 112 valence electrons. The Kier molecular flexibility index (Phi) is 5.10. The van der Waals surface area contributed by atoms with E-state index in [1.54, 1.807) is 20.3 Å². The number of rotatable bonds is 5. The molecule has 1 atom stereocenters. The molecule has 2 aromatic rings. The number of hydrogen-bond donors (Lipinski definition) is 1. The molecule has 0 aliphatic heterocycles. The van der Waals surface area contributed by atoms with Crippen molar-refractivity contribution in [2.75, 3.05) is 14.2 Å². The molecule has 2 rings (SSSR count). The highest BCUT2D eigenvalue weighted by atomic mass is 35.5. The summed E-state index contributed by atoms with van der Waals surface area (Å²) in [6.45, 7) is 2.13. The van der Waals surface area contributed by atoms with Crippen LogP contribution in [0.1, 0.15) is 29.7 Å². The molecule has 0 fully saturated rings. The van der Waals surface area contributed by atoms with Crippen LogP contribution in [-0.2, 0) is 6.42 Å². The molecule has 0 spiro atoms. The van der Waals surface area contributed by atoms with Gasteiger partial charge < -0.3 is 15.2 Å². The Morgan fingerprint density at radius 3 is 2.14 bits per heavy atom. The van der Waals surface area contributed by atoms with Crippen molar-refractivity contribution in [2.24, 2.45) is 5.73 Å². The minimum absolute atomic E-state index is 0.303. The van der Waals surface area contributed by atoms with Crippen LogP contribution in [0.2, 0.25) is 5.02 Å². The standard InChI is InChI=1S/C17H20ClNO2/c1-4-11-5-7-12(8-6-11)17(19)13-9-15(20-2)16(21-3)10-14(13)18/h5-10,17H,4,19H2,1-3H3. The van der Waals surface area contributed by atoms with Gasteiger partial charge in [0.05, 0.1) is 20.3 Å². The Bertz CT molecular complexity index is 611. The summed E-state index contributed by atoms with van der Waals surface area (Å²) in [6.07, 6.45) is 1.01. The lowest BCUT2D eigenvalue weighted by Gasteiger charge is -2.17. The minimum atomic E-state index is -0.303. The van der Waals surface area contributed by atoms with Crippen LogP contribution < -0.4 is 15.2 Å². The molecule has 0 amide bonds. The van der Waals surface area contributed by atoms with Crippen molar-refractivity contribution in [1.82, 2.24) is 0 Å². The molecule has 21 heavy (non-hydrogen) atoms. The third-order valence-electron chi connectivity index (χ3n) is 3.59. The van der Waals surface area contributed by atoms with Crippen LogP contribution in [0.3, 0.4) is 0 Å². The highest BCUT2D eigenvalue weighted by molar-refractivity contribution is 6.31. The SMILES string of the molecule is CCc1ccc(C(N)c2cc(OC)c(OC)cc2Cl)cc1. The third-order valence-corrected chi connectivity index (χ3v) is 3.91. The van der Waals surface area contributed by atoms with Gasteiger partial charge in [0.1, 0.15) is 0 Å². The largest absolute Gasteiger partial charge is 0.493 e. The first-order valence-corrected chi connectivity index (χ1v) is 7.24. The monoisotopic (exact) mass is 305 g/mol. The molecule has 0 aliphatic carbocycles. The summed E-state index contributed by atoms with van der Waals surface area (Å²) >= 11 is 6.32. The van der Waals surface area contributed by atoms with Gasteiger partial charge in [0, 0.05) is 11.1 Å². The Morgan fingerprint density at radius 2 is 1.62 bits per heavy atom. The summed E-state index contributed by atoms with van der Waals surface area (Å²) in [5.74, 6) is 1.22.